The summed E-state index contributed by atoms with van der Waals surface area (Å²) < 4.78 is 4.91. The van der Waals surface area contributed by atoms with Crippen LogP contribution in [-0.4, -0.2) is 12.6 Å². The van der Waals surface area contributed by atoms with Crippen molar-refractivity contribution in [1.29, 1.82) is 0 Å². The number of hydrogen-bond donors (Lipinski definition) is 0. The van der Waals surface area contributed by atoms with Crippen LogP contribution in [0.4, 0.5) is 0 Å². The lowest BCUT2D eigenvalue weighted by Crippen LogP contribution is -2.32. The van der Waals surface area contributed by atoms with Crippen LogP contribution in [0.15, 0.2) is 11.6 Å². The predicted molar refractivity (Wildman–Crippen MR) is 54.8 cm³/mol. The number of carbonyl (C=O) groups excluding carboxylic acids is 1. The zero-order valence-corrected chi connectivity index (χ0v) is 8.79. The molecule has 0 aromatic rings. The van der Waals surface area contributed by atoms with Gasteiger partial charge in [-0.2, -0.15) is 0 Å². The second-order valence-electron chi connectivity index (χ2n) is 4.33. The van der Waals surface area contributed by atoms with Crippen LogP contribution in [0.3, 0.4) is 0 Å². The maximum absolute atomic E-state index is 11.2. The molecule has 2 saturated carbocycles. The fourth-order valence-corrected chi connectivity index (χ4v) is 2.74. The van der Waals surface area contributed by atoms with E-state index >= 15 is 0 Å². The summed E-state index contributed by atoms with van der Waals surface area (Å²) in [6.07, 6.45) is 8.25. The van der Waals surface area contributed by atoms with Crippen molar-refractivity contribution in [3.05, 3.63) is 11.6 Å². The Bertz CT molecular complexity index is 255. The quantitative estimate of drug-likeness (QED) is 0.499. The van der Waals surface area contributed by atoms with E-state index in [0.29, 0.717) is 12.5 Å². The predicted octanol–water partition coefficient (Wildman–Crippen LogP) is 2.69. The van der Waals surface area contributed by atoms with Crippen molar-refractivity contribution in [1.82, 2.24) is 0 Å². The summed E-state index contributed by atoms with van der Waals surface area (Å²) >= 11 is 0. The van der Waals surface area contributed by atoms with Gasteiger partial charge in [0.25, 0.3) is 0 Å². The zero-order valence-electron chi connectivity index (χ0n) is 8.79. The van der Waals surface area contributed by atoms with Gasteiger partial charge in [0.15, 0.2) is 0 Å². The van der Waals surface area contributed by atoms with E-state index in [1.165, 1.54) is 31.3 Å². The summed E-state index contributed by atoms with van der Waals surface area (Å²) in [5.41, 5.74) is 1.34. The number of rotatable bonds is 2. The average molecular weight is 194 g/mol. The van der Waals surface area contributed by atoms with Crippen LogP contribution in [-0.2, 0) is 9.53 Å². The van der Waals surface area contributed by atoms with Crippen LogP contribution in [0.1, 0.15) is 39.0 Å². The summed E-state index contributed by atoms with van der Waals surface area (Å²) in [4.78, 5) is 11.2. The first-order chi connectivity index (χ1) is 6.81. The molecule has 2 rings (SSSR count). The Morgan fingerprint density at radius 2 is 2.29 bits per heavy atom. The molecule has 2 aliphatic carbocycles. The van der Waals surface area contributed by atoms with Crippen molar-refractivity contribution in [2.45, 2.75) is 39.0 Å². The van der Waals surface area contributed by atoms with Crippen LogP contribution in [0.2, 0.25) is 0 Å². The summed E-state index contributed by atoms with van der Waals surface area (Å²) in [5, 5.41) is 0. The Morgan fingerprint density at radius 3 is 3.00 bits per heavy atom. The van der Waals surface area contributed by atoms with Gasteiger partial charge < -0.3 is 4.74 Å². The highest BCUT2D eigenvalue weighted by atomic mass is 16.5. The van der Waals surface area contributed by atoms with Crippen molar-refractivity contribution >= 4 is 5.97 Å². The van der Waals surface area contributed by atoms with Crippen LogP contribution >= 0.6 is 0 Å². The van der Waals surface area contributed by atoms with E-state index < -0.39 is 0 Å². The van der Waals surface area contributed by atoms with Crippen LogP contribution in [0.5, 0.6) is 0 Å². The topological polar surface area (TPSA) is 26.3 Å². The third-order valence-corrected chi connectivity index (χ3v) is 3.47. The van der Waals surface area contributed by atoms with Crippen molar-refractivity contribution in [3.63, 3.8) is 0 Å². The normalized spacial score (nSPS) is 33.4. The van der Waals surface area contributed by atoms with Gasteiger partial charge in [-0.25, -0.2) is 4.79 Å². The first-order valence-electron chi connectivity index (χ1n) is 5.68. The molecule has 2 heteroatoms. The fraction of sp³-hybridized carbons (Fsp3) is 0.750. The Kier molecular flexibility index (Phi) is 2.90. The Balaban J connectivity index is 1.91. The molecule has 2 atom stereocenters. The molecule has 78 valence electrons. The number of esters is 1. The molecule has 0 saturated heterocycles. The molecule has 0 unspecified atom stereocenters. The Morgan fingerprint density at radius 1 is 1.50 bits per heavy atom. The minimum atomic E-state index is -0.147. The van der Waals surface area contributed by atoms with Crippen LogP contribution in [0, 0.1) is 11.8 Å². The standard InChI is InChI=1S/C12H18O2/c1-2-14-12(13)8-10-7-9-5-3-4-6-11(9)10/h8-9,11H,2-7H2,1H3/b10-8+/t9-,11-/m0/s1. The molecule has 14 heavy (non-hydrogen) atoms. The van der Waals surface area contributed by atoms with Crippen molar-refractivity contribution < 1.29 is 9.53 Å². The van der Waals surface area contributed by atoms with Gasteiger partial charge in [0.2, 0.25) is 0 Å². The largest absolute Gasteiger partial charge is 0.463 e. The first-order valence-corrected chi connectivity index (χ1v) is 5.68. The van der Waals surface area contributed by atoms with Gasteiger partial charge in [-0.1, -0.05) is 18.4 Å². The molecule has 0 aromatic carbocycles. The Hall–Kier alpha value is -0.790. The van der Waals surface area contributed by atoms with Gasteiger partial charge in [-0.3, -0.25) is 0 Å². The van der Waals surface area contributed by atoms with E-state index in [9.17, 15) is 4.79 Å². The van der Waals surface area contributed by atoms with E-state index in [1.54, 1.807) is 6.08 Å². The fourth-order valence-electron chi connectivity index (χ4n) is 2.74. The molecule has 2 fully saturated rings. The minimum absolute atomic E-state index is 0.147. The molecular weight excluding hydrogens is 176 g/mol. The maximum Gasteiger partial charge on any atom is 0.330 e. The number of ether oxygens (including phenoxy) is 1. The molecule has 0 amide bonds. The third kappa shape index (κ3) is 1.84. The summed E-state index contributed by atoms with van der Waals surface area (Å²) in [7, 11) is 0. The highest BCUT2D eigenvalue weighted by Crippen LogP contribution is 2.48. The summed E-state index contributed by atoms with van der Waals surface area (Å²) in [5.74, 6) is 1.45. The van der Waals surface area contributed by atoms with Crippen molar-refractivity contribution in [2.24, 2.45) is 11.8 Å². The minimum Gasteiger partial charge on any atom is -0.463 e. The number of hydrogen-bond acceptors (Lipinski definition) is 2. The molecule has 0 aromatic heterocycles. The van der Waals surface area contributed by atoms with Crippen LogP contribution in [0.25, 0.3) is 0 Å². The molecule has 0 N–H and O–H groups in total. The molecule has 0 spiro atoms. The van der Waals surface area contributed by atoms with E-state index in [2.05, 4.69) is 0 Å². The second-order valence-corrected chi connectivity index (χ2v) is 4.33. The lowest BCUT2D eigenvalue weighted by atomic mass is 9.62. The molecule has 0 bridgehead atoms. The third-order valence-electron chi connectivity index (χ3n) is 3.47. The first kappa shape index (κ1) is 9.75. The van der Waals surface area contributed by atoms with Gasteiger partial charge in [0.1, 0.15) is 0 Å². The van der Waals surface area contributed by atoms with Gasteiger partial charge in [-0.05, 0) is 38.0 Å². The highest BCUT2D eigenvalue weighted by Gasteiger charge is 2.37. The molecule has 0 heterocycles. The lowest BCUT2D eigenvalue weighted by Gasteiger charge is -2.43. The van der Waals surface area contributed by atoms with Crippen molar-refractivity contribution in [3.8, 4) is 0 Å². The SMILES string of the molecule is CCOC(=O)/C=C1\C[C@@H]2CCCC[C@H]12. The highest BCUT2D eigenvalue weighted by molar-refractivity contribution is 5.83. The molecular formula is C12H18O2. The van der Waals surface area contributed by atoms with E-state index in [4.69, 9.17) is 4.74 Å². The molecule has 0 radical (unpaired) electrons. The number of carbonyl (C=O) groups is 1. The molecule has 2 aliphatic rings. The van der Waals surface area contributed by atoms with E-state index in [1.807, 2.05) is 6.92 Å². The second kappa shape index (κ2) is 4.16. The summed E-state index contributed by atoms with van der Waals surface area (Å²) in [6, 6.07) is 0. The van der Waals surface area contributed by atoms with Crippen LogP contribution < -0.4 is 0 Å². The van der Waals surface area contributed by atoms with Gasteiger partial charge in [0.05, 0.1) is 6.61 Å². The Labute approximate surface area is 85.3 Å². The molecule has 2 nitrogen and oxygen atoms in total. The van der Waals surface area contributed by atoms with E-state index in [-0.39, 0.29) is 5.97 Å². The van der Waals surface area contributed by atoms with Gasteiger partial charge in [0, 0.05) is 6.08 Å². The smallest absolute Gasteiger partial charge is 0.330 e. The zero-order chi connectivity index (χ0) is 9.97. The van der Waals surface area contributed by atoms with Gasteiger partial charge >= 0.3 is 5.97 Å². The lowest BCUT2D eigenvalue weighted by molar-refractivity contribution is -0.137. The molecule has 0 aliphatic heterocycles. The van der Waals surface area contributed by atoms with E-state index in [0.717, 1.165) is 12.3 Å². The number of allylic oxidation sites excluding steroid dienone is 1. The average Bonchev–Trinajstić information content (AvgIpc) is 2.15. The maximum atomic E-state index is 11.2. The van der Waals surface area contributed by atoms with Gasteiger partial charge in [-0.15, -0.1) is 0 Å². The van der Waals surface area contributed by atoms with Crippen molar-refractivity contribution in [2.75, 3.05) is 6.61 Å². The monoisotopic (exact) mass is 194 g/mol. The summed E-state index contributed by atoms with van der Waals surface area (Å²) in [6.45, 7) is 2.33. The number of fused-ring (bicyclic) bond motifs is 1.